The molecule has 1 aromatic carbocycles. The molecule has 1 aromatic heterocycles. The second-order valence-corrected chi connectivity index (χ2v) is 5.91. The summed E-state index contributed by atoms with van der Waals surface area (Å²) in [7, 11) is 0. The molecule has 0 bridgehead atoms. The van der Waals surface area contributed by atoms with Gasteiger partial charge in [-0.1, -0.05) is 18.2 Å². The van der Waals surface area contributed by atoms with Crippen molar-refractivity contribution < 1.29 is 5.11 Å². The van der Waals surface area contributed by atoms with E-state index in [4.69, 9.17) is 0 Å². The van der Waals surface area contributed by atoms with Crippen molar-refractivity contribution in [2.75, 3.05) is 23.3 Å². The van der Waals surface area contributed by atoms with Crippen molar-refractivity contribution >= 4 is 22.2 Å². The first-order valence-corrected chi connectivity index (χ1v) is 7.84. The highest BCUT2D eigenvalue weighted by molar-refractivity contribution is 7.13. The molecular weight excluding hydrogens is 270 g/mol. The van der Waals surface area contributed by atoms with Gasteiger partial charge in [0.15, 0.2) is 5.13 Å². The number of nitrogens with zero attached hydrogens (tertiary/aromatic N) is 2. The quantitative estimate of drug-likeness (QED) is 0.908. The fourth-order valence-corrected chi connectivity index (χ4v) is 3.30. The van der Waals surface area contributed by atoms with Crippen LogP contribution in [0.4, 0.5) is 10.8 Å². The van der Waals surface area contributed by atoms with E-state index in [1.165, 1.54) is 0 Å². The van der Waals surface area contributed by atoms with Crippen LogP contribution in [-0.4, -0.2) is 29.2 Å². The summed E-state index contributed by atoms with van der Waals surface area (Å²) in [4.78, 5) is 6.72. The van der Waals surface area contributed by atoms with Gasteiger partial charge in [0.2, 0.25) is 0 Å². The third kappa shape index (κ3) is 2.94. The van der Waals surface area contributed by atoms with Crippen LogP contribution in [-0.2, 0) is 6.61 Å². The predicted molar refractivity (Wildman–Crippen MR) is 83.3 cm³/mol. The van der Waals surface area contributed by atoms with Gasteiger partial charge in [-0.05, 0) is 18.9 Å². The van der Waals surface area contributed by atoms with Crippen LogP contribution in [0.5, 0.6) is 0 Å². The maximum absolute atomic E-state index is 9.36. The number of piperidine rings is 1. The smallest absolute Gasteiger partial charge is 0.185 e. The molecule has 0 atom stereocenters. The van der Waals surface area contributed by atoms with Gasteiger partial charge in [-0.2, -0.15) is 0 Å². The summed E-state index contributed by atoms with van der Waals surface area (Å²) in [6, 6.07) is 8.44. The van der Waals surface area contributed by atoms with Gasteiger partial charge in [-0.15, -0.1) is 11.3 Å². The molecular formula is C15H19N3OS. The summed E-state index contributed by atoms with van der Waals surface area (Å²) >= 11 is 1.70. The monoisotopic (exact) mass is 289 g/mol. The van der Waals surface area contributed by atoms with Crippen LogP contribution in [0, 0.1) is 0 Å². The molecule has 1 saturated heterocycles. The van der Waals surface area contributed by atoms with Crippen LogP contribution < -0.4 is 10.2 Å². The number of aromatic nitrogens is 1. The molecule has 106 valence electrons. The zero-order valence-electron chi connectivity index (χ0n) is 11.3. The molecule has 1 aliphatic rings. The van der Waals surface area contributed by atoms with Gasteiger partial charge in [0.1, 0.15) is 0 Å². The molecule has 0 unspecified atom stereocenters. The van der Waals surface area contributed by atoms with E-state index in [0.29, 0.717) is 6.04 Å². The zero-order valence-corrected chi connectivity index (χ0v) is 12.1. The Labute approximate surface area is 123 Å². The third-order valence-corrected chi connectivity index (χ3v) is 4.56. The average Bonchev–Trinajstić information content (AvgIpc) is 3.03. The predicted octanol–water partition coefficient (Wildman–Crippen LogP) is 2.72. The van der Waals surface area contributed by atoms with E-state index in [-0.39, 0.29) is 6.61 Å². The van der Waals surface area contributed by atoms with E-state index in [2.05, 4.69) is 15.2 Å². The van der Waals surface area contributed by atoms with Crippen LogP contribution in [0.15, 0.2) is 35.8 Å². The second kappa shape index (κ2) is 6.24. The molecule has 1 fully saturated rings. The number of hydrogen-bond donors (Lipinski definition) is 2. The Hall–Kier alpha value is -1.59. The lowest BCUT2D eigenvalue weighted by Gasteiger charge is -2.33. The molecule has 2 N–H and O–H groups in total. The summed E-state index contributed by atoms with van der Waals surface area (Å²) in [6.45, 7) is 2.15. The van der Waals surface area contributed by atoms with Gasteiger partial charge in [0.25, 0.3) is 0 Å². The number of nitrogens with one attached hydrogen (secondary N) is 1. The summed E-state index contributed by atoms with van der Waals surface area (Å²) in [5.74, 6) is 0. The van der Waals surface area contributed by atoms with Gasteiger partial charge in [-0.3, -0.25) is 0 Å². The standard InChI is InChI=1S/C15H19N3OS/c19-11-12-3-1-2-4-14(12)17-13-5-8-18(9-6-13)15-16-7-10-20-15/h1-4,7,10,13,17,19H,5-6,8-9,11H2. The number of thiazole rings is 1. The largest absolute Gasteiger partial charge is 0.392 e. The van der Waals surface area contributed by atoms with Gasteiger partial charge in [0, 0.05) is 42.0 Å². The van der Waals surface area contributed by atoms with E-state index < -0.39 is 0 Å². The molecule has 1 aliphatic heterocycles. The van der Waals surface area contributed by atoms with Crippen molar-refractivity contribution in [3.8, 4) is 0 Å². The number of rotatable bonds is 4. The molecule has 0 spiro atoms. The zero-order chi connectivity index (χ0) is 13.8. The first-order chi connectivity index (χ1) is 9.86. The fraction of sp³-hybridized carbons (Fsp3) is 0.400. The van der Waals surface area contributed by atoms with Crippen molar-refractivity contribution in [2.45, 2.75) is 25.5 Å². The van der Waals surface area contributed by atoms with Gasteiger partial charge < -0.3 is 15.3 Å². The van der Waals surface area contributed by atoms with Gasteiger partial charge in [0.05, 0.1) is 6.61 Å². The van der Waals surface area contributed by atoms with Crippen molar-refractivity contribution in [1.82, 2.24) is 4.98 Å². The number of benzene rings is 1. The summed E-state index contributed by atoms with van der Waals surface area (Å²) in [5.41, 5.74) is 2.03. The fourth-order valence-electron chi connectivity index (χ4n) is 2.61. The molecule has 0 amide bonds. The van der Waals surface area contributed by atoms with Gasteiger partial charge >= 0.3 is 0 Å². The Balaban J connectivity index is 1.58. The van der Waals surface area contributed by atoms with E-state index >= 15 is 0 Å². The average molecular weight is 289 g/mol. The van der Waals surface area contributed by atoms with Crippen LogP contribution >= 0.6 is 11.3 Å². The highest BCUT2D eigenvalue weighted by Gasteiger charge is 2.20. The molecule has 5 heteroatoms. The lowest BCUT2D eigenvalue weighted by atomic mass is 10.0. The van der Waals surface area contributed by atoms with Crippen molar-refractivity contribution in [2.24, 2.45) is 0 Å². The summed E-state index contributed by atoms with van der Waals surface area (Å²) < 4.78 is 0. The molecule has 0 aliphatic carbocycles. The minimum absolute atomic E-state index is 0.0845. The molecule has 0 radical (unpaired) electrons. The van der Waals surface area contributed by atoms with Crippen LogP contribution in [0.2, 0.25) is 0 Å². The van der Waals surface area contributed by atoms with Crippen molar-refractivity contribution in [1.29, 1.82) is 0 Å². The normalized spacial score (nSPS) is 16.4. The Morgan fingerprint density at radius 1 is 1.30 bits per heavy atom. The molecule has 2 aromatic rings. The summed E-state index contributed by atoms with van der Waals surface area (Å²) in [6.07, 6.45) is 4.06. The van der Waals surface area contributed by atoms with Crippen molar-refractivity contribution in [3.63, 3.8) is 0 Å². The Kier molecular flexibility index (Phi) is 4.18. The number of para-hydroxylation sites is 1. The van der Waals surface area contributed by atoms with E-state index in [0.717, 1.165) is 42.3 Å². The Morgan fingerprint density at radius 3 is 2.80 bits per heavy atom. The van der Waals surface area contributed by atoms with Crippen LogP contribution in [0.1, 0.15) is 18.4 Å². The third-order valence-electron chi connectivity index (χ3n) is 3.73. The minimum atomic E-state index is 0.0845. The molecule has 0 saturated carbocycles. The van der Waals surface area contributed by atoms with Crippen LogP contribution in [0.25, 0.3) is 0 Å². The number of aliphatic hydroxyl groups is 1. The SMILES string of the molecule is OCc1ccccc1NC1CCN(c2nccs2)CC1. The molecule has 2 heterocycles. The lowest BCUT2D eigenvalue weighted by molar-refractivity contribution is 0.282. The van der Waals surface area contributed by atoms with Crippen molar-refractivity contribution in [3.05, 3.63) is 41.4 Å². The van der Waals surface area contributed by atoms with E-state index in [9.17, 15) is 5.11 Å². The van der Waals surface area contributed by atoms with E-state index in [1.807, 2.05) is 35.8 Å². The number of hydrogen-bond acceptors (Lipinski definition) is 5. The lowest BCUT2D eigenvalue weighted by Crippen LogP contribution is -2.39. The van der Waals surface area contributed by atoms with Gasteiger partial charge in [-0.25, -0.2) is 4.98 Å². The molecule has 4 nitrogen and oxygen atoms in total. The van der Waals surface area contributed by atoms with Crippen LogP contribution in [0.3, 0.4) is 0 Å². The maximum Gasteiger partial charge on any atom is 0.185 e. The second-order valence-electron chi connectivity index (χ2n) is 5.04. The summed E-state index contributed by atoms with van der Waals surface area (Å²) in [5, 5.41) is 16.1. The minimum Gasteiger partial charge on any atom is -0.392 e. The molecule has 20 heavy (non-hydrogen) atoms. The number of anilines is 2. The Bertz CT molecular complexity index is 536. The highest BCUT2D eigenvalue weighted by atomic mass is 32.1. The first-order valence-electron chi connectivity index (χ1n) is 6.96. The Morgan fingerprint density at radius 2 is 2.10 bits per heavy atom. The topological polar surface area (TPSA) is 48.4 Å². The maximum atomic E-state index is 9.36. The first kappa shape index (κ1) is 13.4. The number of aliphatic hydroxyl groups excluding tert-OH is 1. The molecule has 3 rings (SSSR count). The highest BCUT2D eigenvalue weighted by Crippen LogP contribution is 2.24. The van der Waals surface area contributed by atoms with E-state index in [1.54, 1.807) is 11.3 Å².